The summed E-state index contributed by atoms with van der Waals surface area (Å²) >= 11 is 0. The highest BCUT2D eigenvalue weighted by molar-refractivity contribution is 5.18. The molecule has 0 saturated carbocycles. The molecule has 0 amide bonds. The molecule has 1 atom stereocenters. The Labute approximate surface area is 99.4 Å². The smallest absolute Gasteiger partial charge is 0.130 e. The van der Waals surface area contributed by atoms with Crippen molar-refractivity contribution in [2.75, 3.05) is 19.8 Å². The van der Waals surface area contributed by atoms with Gasteiger partial charge < -0.3 is 15.2 Å². The van der Waals surface area contributed by atoms with Crippen LogP contribution < -0.4 is 5.32 Å². The first-order valence-electron chi connectivity index (χ1n) is 5.54. The molecule has 0 aliphatic heterocycles. The van der Waals surface area contributed by atoms with Gasteiger partial charge in [0.25, 0.3) is 0 Å². The number of aliphatic hydroxyl groups excluding tert-OH is 1. The molecule has 1 aromatic rings. The molecule has 1 aromatic carbocycles. The van der Waals surface area contributed by atoms with Gasteiger partial charge in [-0.3, -0.25) is 0 Å². The predicted molar refractivity (Wildman–Crippen MR) is 60.6 cm³/mol. The minimum absolute atomic E-state index is 0.245. The molecule has 5 heteroatoms. The van der Waals surface area contributed by atoms with E-state index in [-0.39, 0.29) is 13.2 Å². The van der Waals surface area contributed by atoms with Crippen molar-refractivity contribution in [3.8, 4) is 0 Å². The van der Waals surface area contributed by atoms with E-state index >= 15 is 0 Å². The summed E-state index contributed by atoms with van der Waals surface area (Å²) in [5.74, 6) is -1.18. The molecule has 0 aliphatic rings. The van der Waals surface area contributed by atoms with Crippen molar-refractivity contribution in [1.29, 1.82) is 0 Å². The lowest BCUT2D eigenvalue weighted by atomic mass is 10.2. The standard InChI is InChI=1S/C12H17F2NO2/c1-2-17-8-11(16)7-15-6-9-3-4-10(13)5-12(9)14/h3-5,11,15-16H,2,6-8H2,1H3. The van der Waals surface area contributed by atoms with Crippen LogP contribution in [0.15, 0.2) is 18.2 Å². The second-order valence-corrected chi connectivity index (χ2v) is 3.68. The second-order valence-electron chi connectivity index (χ2n) is 3.68. The Morgan fingerprint density at radius 1 is 1.41 bits per heavy atom. The van der Waals surface area contributed by atoms with Gasteiger partial charge in [0.15, 0.2) is 0 Å². The fourth-order valence-corrected chi connectivity index (χ4v) is 1.35. The number of halogens is 2. The predicted octanol–water partition coefficient (Wildman–Crippen LogP) is 1.45. The maximum Gasteiger partial charge on any atom is 0.130 e. The van der Waals surface area contributed by atoms with Gasteiger partial charge in [0.2, 0.25) is 0 Å². The fourth-order valence-electron chi connectivity index (χ4n) is 1.35. The summed E-state index contributed by atoms with van der Waals surface area (Å²) in [6, 6.07) is 3.43. The maximum atomic E-state index is 13.2. The first kappa shape index (κ1) is 14.0. The van der Waals surface area contributed by atoms with Crippen molar-refractivity contribution in [1.82, 2.24) is 5.32 Å². The van der Waals surface area contributed by atoms with Gasteiger partial charge in [-0.15, -0.1) is 0 Å². The van der Waals surface area contributed by atoms with Crippen LogP contribution in [0.1, 0.15) is 12.5 Å². The molecule has 3 nitrogen and oxygen atoms in total. The van der Waals surface area contributed by atoms with Crippen LogP contribution in [-0.4, -0.2) is 31.0 Å². The first-order chi connectivity index (χ1) is 8.13. The van der Waals surface area contributed by atoms with Crippen LogP contribution >= 0.6 is 0 Å². The van der Waals surface area contributed by atoms with E-state index < -0.39 is 17.7 Å². The zero-order valence-electron chi connectivity index (χ0n) is 9.75. The topological polar surface area (TPSA) is 41.5 Å². The Hall–Kier alpha value is -1.04. The molecule has 0 bridgehead atoms. The van der Waals surface area contributed by atoms with Crippen LogP contribution in [0.2, 0.25) is 0 Å². The molecule has 0 spiro atoms. The Morgan fingerprint density at radius 3 is 2.82 bits per heavy atom. The van der Waals surface area contributed by atoms with Crippen LogP contribution in [-0.2, 0) is 11.3 Å². The molecule has 0 fully saturated rings. The monoisotopic (exact) mass is 245 g/mol. The molecule has 0 aromatic heterocycles. The first-order valence-corrected chi connectivity index (χ1v) is 5.54. The molecule has 1 unspecified atom stereocenters. The molecule has 1 rings (SSSR count). The highest BCUT2D eigenvalue weighted by Crippen LogP contribution is 2.08. The third kappa shape index (κ3) is 5.21. The van der Waals surface area contributed by atoms with Crippen molar-refractivity contribution in [2.24, 2.45) is 0 Å². The summed E-state index contributed by atoms with van der Waals surface area (Å²) in [7, 11) is 0. The lowest BCUT2D eigenvalue weighted by Gasteiger charge is -2.11. The van der Waals surface area contributed by atoms with Gasteiger partial charge in [-0.05, 0) is 13.0 Å². The van der Waals surface area contributed by atoms with Crippen molar-refractivity contribution in [2.45, 2.75) is 19.6 Å². The molecule has 0 aliphatic carbocycles. The van der Waals surface area contributed by atoms with Crippen molar-refractivity contribution in [3.05, 3.63) is 35.4 Å². The third-order valence-electron chi connectivity index (χ3n) is 2.22. The number of nitrogens with one attached hydrogen (secondary N) is 1. The number of hydrogen-bond donors (Lipinski definition) is 2. The Balaban J connectivity index is 2.30. The van der Waals surface area contributed by atoms with Crippen LogP contribution in [0.25, 0.3) is 0 Å². The molecular formula is C12H17F2NO2. The number of aliphatic hydroxyl groups is 1. The van der Waals surface area contributed by atoms with E-state index in [0.29, 0.717) is 18.7 Å². The van der Waals surface area contributed by atoms with E-state index in [1.807, 2.05) is 6.92 Å². The Morgan fingerprint density at radius 2 is 2.18 bits per heavy atom. The molecule has 2 N–H and O–H groups in total. The van der Waals surface area contributed by atoms with E-state index in [9.17, 15) is 13.9 Å². The molecule has 0 radical (unpaired) electrons. The maximum absolute atomic E-state index is 13.2. The highest BCUT2D eigenvalue weighted by atomic mass is 19.1. The zero-order valence-corrected chi connectivity index (χ0v) is 9.75. The minimum atomic E-state index is -0.626. The summed E-state index contributed by atoms with van der Waals surface area (Å²) in [4.78, 5) is 0. The van der Waals surface area contributed by atoms with E-state index in [1.54, 1.807) is 0 Å². The zero-order chi connectivity index (χ0) is 12.7. The summed E-state index contributed by atoms with van der Waals surface area (Å²) in [5.41, 5.74) is 0.370. The third-order valence-corrected chi connectivity index (χ3v) is 2.22. The van der Waals surface area contributed by atoms with Crippen LogP contribution in [0.3, 0.4) is 0 Å². The van der Waals surface area contributed by atoms with E-state index in [0.717, 1.165) is 6.07 Å². The number of benzene rings is 1. The Kier molecular flexibility index (Phi) is 6.04. The largest absolute Gasteiger partial charge is 0.389 e. The van der Waals surface area contributed by atoms with Crippen LogP contribution in [0.4, 0.5) is 8.78 Å². The van der Waals surface area contributed by atoms with Crippen LogP contribution in [0, 0.1) is 11.6 Å². The minimum Gasteiger partial charge on any atom is -0.389 e. The molecule has 96 valence electrons. The molecule has 0 saturated heterocycles. The lowest BCUT2D eigenvalue weighted by molar-refractivity contribution is 0.0427. The van der Waals surface area contributed by atoms with Gasteiger partial charge in [-0.25, -0.2) is 8.78 Å². The van der Waals surface area contributed by atoms with Crippen molar-refractivity contribution >= 4 is 0 Å². The fraction of sp³-hybridized carbons (Fsp3) is 0.500. The number of hydrogen-bond acceptors (Lipinski definition) is 3. The summed E-state index contributed by atoms with van der Waals surface area (Å²) in [5, 5.41) is 12.3. The van der Waals surface area contributed by atoms with E-state index in [1.165, 1.54) is 12.1 Å². The van der Waals surface area contributed by atoms with Gasteiger partial charge in [-0.1, -0.05) is 6.07 Å². The summed E-state index contributed by atoms with van der Waals surface area (Å²) in [6.45, 7) is 3.18. The van der Waals surface area contributed by atoms with Gasteiger partial charge in [0.05, 0.1) is 12.7 Å². The second kappa shape index (κ2) is 7.32. The summed E-state index contributed by atoms with van der Waals surface area (Å²) < 4.78 is 30.9. The van der Waals surface area contributed by atoms with Crippen molar-refractivity contribution in [3.63, 3.8) is 0 Å². The van der Waals surface area contributed by atoms with Gasteiger partial charge in [-0.2, -0.15) is 0 Å². The van der Waals surface area contributed by atoms with Crippen molar-refractivity contribution < 1.29 is 18.6 Å². The summed E-state index contributed by atoms with van der Waals surface area (Å²) in [6.07, 6.45) is -0.626. The number of ether oxygens (including phenoxy) is 1. The van der Waals surface area contributed by atoms with E-state index in [4.69, 9.17) is 4.74 Å². The van der Waals surface area contributed by atoms with Gasteiger partial charge in [0, 0.05) is 31.3 Å². The molecular weight excluding hydrogens is 228 g/mol. The average molecular weight is 245 g/mol. The normalized spacial score (nSPS) is 12.7. The lowest BCUT2D eigenvalue weighted by Crippen LogP contribution is -2.30. The molecule has 17 heavy (non-hydrogen) atoms. The Bertz CT molecular complexity index is 347. The van der Waals surface area contributed by atoms with Crippen LogP contribution in [0.5, 0.6) is 0 Å². The average Bonchev–Trinajstić information content (AvgIpc) is 2.29. The van der Waals surface area contributed by atoms with E-state index in [2.05, 4.69) is 5.32 Å². The van der Waals surface area contributed by atoms with Gasteiger partial charge >= 0.3 is 0 Å². The quantitative estimate of drug-likeness (QED) is 0.764. The highest BCUT2D eigenvalue weighted by Gasteiger charge is 2.06. The molecule has 0 heterocycles. The van der Waals surface area contributed by atoms with Gasteiger partial charge in [0.1, 0.15) is 11.6 Å². The number of rotatable bonds is 7. The SMILES string of the molecule is CCOCC(O)CNCc1ccc(F)cc1F.